The van der Waals surface area contributed by atoms with Crippen molar-refractivity contribution < 1.29 is 9.53 Å². The molecule has 0 unspecified atom stereocenters. The molecule has 0 aliphatic carbocycles. The lowest BCUT2D eigenvalue weighted by Crippen LogP contribution is -2.32. The summed E-state index contributed by atoms with van der Waals surface area (Å²) in [6, 6.07) is 13.9. The largest absolute Gasteiger partial charge is 0.497 e. The van der Waals surface area contributed by atoms with Gasteiger partial charge in [-0.25, -0.2) is 0 Å². The molecule has 2 aromatic carbocycles. The first kappa shape index (κ1) is 20.8. The number of hydrogen-bond acceptors (Lipinski definition) is 5. The van der Waals surface area contributed by atoms with Gasteiger partial charge in [-0.05, 0) is 55.2 Å². The third kappa shape index (κ3) is 4.32. The number of aryl methyl sites for hydroxylation is 1. The summed E-state index contributed by atoms with van der Waals surface area (Å²) in [5.74, 6) is 1.21. The number of benzene rings is 2. The van der Waals surface area contributed by atoms with Crippen molar-refractivity contribution in [3.05, 3.63) is 64.9 Å². The van der Waals surface area contributed by atoms with Crippen LogP contribution in [0.25, 0.3) is 5.69 Å². The Morgan fingerprint density at radius 2 is 2.17 bits per heavy atom. The number of aromatic nitrogens is 3. The fourth-order valence-electron chi connectivity index (χ4n) is 3.70. The molecule has 6 nitrogen and oxygen atoms in total. The summed E-state index contributed by atoms with van der Waals surface area (Å²) >= 11 is 7.65. The third-order valence-corrected chi connectivity index (χ3v) is 6.66. The normalized spacial score (nSPS) is 16.1. The lowest BCUT2D eigenvalue weighted by atomic mass is 10.0. The Labute approximate surface area is 185 Å². The second-order valence-electron chi connectivity index (χ2n) is 7.23. The Morgan fingerprint density at radius 3 is 2.97 bits per heavy atom. The number of thioether (sulfide) groups is 1. The predicted octanol–water partition coefficient (Wildman–Crippen LogP) is 4.69. The van der Waals surface area contributed by atoms with Crippen LogP contribution in [-0.2, 0) is 4.79 Å². The molecule has 30 heavy (non-hydrogen) atoms. The molecular weight excluding hydrogens is 420 g/mol. The van der Waals surface area contributed by atoms with Gasteiger partial charge in [0.1, 0.15) is 12.1 Å². The fraction of sp³-hybridized carbons (Fsp3) is 0.318. The van der Waals surface area contributed by atoms with E-state index in [2.05, 4.69) is 16.3 Å². The van der Waals surface area contributed by atoms with Gasteiger partial charge in [0.2, 0.25) is 5.91 Å². The van der Waals surface area contributed by atoms with Crippen LogP contribution in [0, 0.1) is 6.92 Å². The molecule has 1 amide bonds. The molecule has 0 N–H and O–H groups in total. The molecule has 1 aliphatic heterocycles. The summed E-state index contributed by atoms with van der Waals surface area (Å²) in [7, 11) is 1.66. The van der Waals surface area contributed by atoms with Gasteiger partial charge in [0.25, 0.3) is 0 Å². The van der Waals surface area contributed by atoms with Crippen LogP contribution in [0.4, 0.5) is 0 Å². The van der Waals surface area contributed by atoms with Crippen LogP contribution in [0.5, 0.6) is 5.75 Å². The summed E-state index contributed by atoms with van der Waals surface area (Å²) in [5.41, 5.74) is 3.00. The SMILES string of the molecule is COc1cccc([C@H]2CCCN2C(=O)CSc2nncn2-c2ccc(C)c(Cl)c2)c1. The Morgan fingerprint density at radius 1 is 1.30 bits per heavy atom. The van der Waals surface area contributed by atoms with Gasteiger partial charge in [0.05, 0.1) is 24.6 Å². The average Bonchev–Trinajstić information content (AvgIpc) is 3.44. The molecule has 1 saturated heterocycles. The Balaban J connectivity index is 1.46. The van der Waals surface area contributed by atoms with E-state index in [1.54, 1.807) is 13.4 Å². The van der Waals surface area contributed by atoms with Crippen molar-refractivity contribution in [2.45, 2.75) is 31.0 Å². The topological polar surface area (TPSA) is 60.2 Å². The Bertz CT molecular complexity index is 1060. The lowest BCUT2D eigenvalue weighted by molar-refractivity contribution is -0.129. The standard InChI is InChI=1S/C22H23ClN4O2S/c1-15-8-9-17(12-19(15)23)27-14-24-25-22(27)30-13-21(28)26-10-4-7-20(26)16-5-3-6-18(11-16)29-2/h3,5-6,8-9,11-12,14,20H,4,7,10,13H2,1-2H3/t20-/m1/s1. The monoisotopic (exact) mass is 442 g/mol. The lowest BCUT2D eigenvalue weighted by Gasteiger charge is -2.25. The van der Waals surface area contributed by atoms with Crippen LogP contribution in [0.3, 0.4) is 0 Å². The molecule has 2 heterocycles. The van der Waals surface area contributed by atoms with Gasteiger partial charge < -0.3 is 9.64 Å². The number of halogens is 1. The van der Waals surface area contributed by atoms with Gasteiger partial charge >= 0.3 is 0 Å². The van der Waals surface area contributed by atoms with Gasteiger partial charge in [-0.2, -0.15) is 0 Å². The molecule has 3 aromatic rings. The molecule has 0 saturated carbocycles. The van der Waals surface area contributed by atoms with E-state index in [0.29, 0.717) is 15.9 Å². The number of ether oxygens (including phenoxy) is 1. The number of rotatable bonds is 6. The smallest absolute Gasteiger partial charge is 0.233 e. The molecule has 8 heteroatoms. The average molecular weight is 443 g/mol. The number of carbonyl (C=O) groups is 1. The minimum atomic E-state index is 0.0852. The first-order valence-corrected chi connectivity index (χ1v) is 11.2. The zero-order chi connectivity index (χ0) is 21.1. The molecule has 1 aromatic heterocycles. The summed E-state index contributed by atoms with van der Waals surface area (Å²) in [5, 5.41) is 9.56. The van der Waals surface area contributed by atoms with Crippen molar-refractivity contribution in [3.63, 3.8) is 0 Å². The highest BCUT2D eigenvalue weighted by Crippen LogP contribution is 2.34. The van der Waals surface area contributed by atoms with E-state index in [0.717, 1.165) is 42.0 Å². The van der Waals surface area contributed by atoms with E-state index < -0.39 is 0 Å². The molecule has 0 bridgehead atoms. The van der Waals surface area contributed by atoms with Gasteiger partial charge in [-0.1, -0.05) is 41.6 Å². The molecule has 0 radical (unpaired) electrons. The summed E-state index contributed by atoms with van der Waals surface area (Å²) in [4.78, 5) is 15.0. The van der Waals surface area contributed by atoms with Crippen molar-refractivity contribution >= 4 is 29.3 Å². The van der Waals surface area contributed by atoms with E-state index >= 15 is 0 Å². The van der Waals surface area contributed by atoms with Crippen LogP contribution in [0.2, 0.25) is 5.02 Å². The third-order valence-electron chi connectivity index (χ3n) is 5.33. The molecule has 156 valence electrons. The number of methoxy groups -OCH3 is 1. The summed E-state index contributed by atoms with van der Waals surface area (Å²) in [6.45, 7) is 2.73. The second-order valence-corrected chi connectivity index (χ2v) is 8.58. The van der Waals surface area contributed by atoms with Crippen molar-refractivity contribution in [1.29, 1.82) is 0 Å². The number of hydrogen-bond donors (Lipinski definition) is 0. The molecule has 4 rings (SSSR count). The highest BCUT2D eigenvalue weighted by Gasteiger charge is 2.30. The highest BCUT2D eigenvalue weighted by atomic mass is 35.5. The fourth-order valence-corrected chi connectivity index (χ4v) is 4.69. The quantitative estimate of drug-likeness (QED) is 0.518. The predicted molar refractivity (Wildman–Crippen MR) is 119 cm³/mol. The van der Waals surface area contributed by atoms with Crippen LogP contribution in [0.1, 0.15) is 30.0 Å². The van der Waals surface area contributed by atoms with E-state index in [9.17, 15) is 4.79 Å². The van der Waals surface area contributed by atoms with Crippen molar-refractivity contribution in [1.82, 2.24) is 19.7 Å². The Hall–Kier alpha value is -2.51. The number of carbonyl (C=O) groups excluding carboxylic acids is 1. The van der Waals surface area contributed by atoms with Crippen LogP contribution >= 0.6 is 23.4 Å². The molecule has 1 atom stereocenters. The van der Waals surface area contributed by atoms with E-state index in [4.69, 9.17) is 16.3 Å². The molecular formula is C22H23ClN4O2S. The van der Waals surface area contributed by atoms with Crippen LogP contribution in [0.15, 0.2) is 53.9 Å². The maximum Gasteiger partial charge on any atom is 0.233 e. The van der Waals surface area contributed by atoms with Crippen LogP contribution in [-0.4, -0.2) is 45.0 Å². The minimum absolute atomic E-state index is 0.0852. The van der Waals surface area contributed by atoms with E-state index in [-0.39, 0.29) is 11.9 Å². The zero-order valence-corrected chi connectivity index (χ0v) is 18.5. The zero-order valence-electron chi connectivity index (χ0n) is 16.9. The minimum Gasteiger partial charge on any atom is -0.497 e. The van der Waals surface area contributed by atoms with Crippen LogP contribution < -0.4 is 4.74 Å². The van der Waals surface area contributed by atoms with Gasteiger partial charge in [0, 0.05) is 11.6 Å². The van der Waals surface area contributed by atoms with E-state index in [1.807, 2.05) is 52.8 Å². The number of nitrogens with zero attached hydrogens (tertiary/aromatic N) is 4. The molecule has 1 fully saturated rings. The van der Waals surface area contributed by atoms with Crippen molar-refractivity contribution in [3.8, 4) is 11.4 Å². The summed E-state index contributed by atoms with van der Waals surface area (Å²) in [6.07, 6.45) is 3.60. The maximum atomic E-state index is 13.0. The van der Waals surface area contributed by atoms with Crippen molar-refractivity contribution in [2.75, 3.05) is 19.4 Å². The maximum absolute atomic E-state index is 13.0. The molecule has 0 spiro atoms. The first-order valence-electron chi connectivity index (χ1n) is 9.79. The second kappa shape index (κ2) is 9.10. The summed E-state index contributed by atoms with van der Waals surface area (Å²) < 4.78 is 7.20. The van der Waals surface area contributed by atoms with E-state index in [1.165, 1.54) is 11.8 Å². The van der Waals surface area contributed by atoms with Crippen molar-refractivity contribution in [2.24, 2.45) is 0 Å². The highest BCUT2D eigenvalue weighted by molar-refractivity contribution is 7.99. The van der Waals surface area contributed by atoms with Gasteiger partial charge in [-0.3, -0.25) is 9.36 Å². The number of amides is 1. The number of likely N-dealkylation sites (tertiary alicyclic amines) is 1. The molecule has 1 aliphatic rings. The first-order chi connectivity index (χ1) is 14.6. The Kier molecular flexibility index (Phi) is 6.29. The van der Waals surface area contributed by atoms with Gasteiger partial charge in [-0.15, -0.1) is 10.2 Å². The van der Waals surface area contributed by atoms with Gasteiger partial charge in [0.15, 0.2) is 5.16 Å².